The van der Waals surface area contributed by atoms with Crippen LogP contribution in [0.15, 0.2) is 127 Å². The summed E-state index contributed by atoms with van der Waals surface area (Å²) in [5.41, 5.74) is 4.34. The van der Waals surface area contributed by atoms with Crippen LogP contribution in [0.3, 0.4) is 0 Å². The molecular formula is C34H31NO4. The molecule has 1 atom stereocenters. The Balaban J connectivity index is 1.44. The molecule has 0 aromatic heterocycles. The summed E-state index contributed by atoms with van der Waals surface area (Å²) in [7, 11) is 0. The zero-order valence-electron chi connectivity index (χ0n) is 21.7. The summed E-state index contributed by atoms with van der Waals surface area (Å²) < 4.78 is 25.1. The Labute approximate surface area is 229 Å². The van der Waals surface area contributed by atoms with Crippen LogP contribution in [0.5, 0.6) is 17.2 Å². The molecule has 0 radical (unpaired) electrons. The summed E-state index contributed by atoms with van der Waals surface area (Å²) in [5, 5.41) is 8.23. The second-order valence-electron chi connectivity index (χ2n) is 9.15. The smallest absolute Gasteiger partial charge is 0.132 e. The zero-order chi connectivity index (χ0) is 26.7. The van der Waals surface area contributed by atoms with Crippen molar-refractivity contribution < 1.29 is 18.9 Å². The molecule has 1 aliphatic carbocycles. The maximum absolute atomic E-state index is 8.23. The van der Waals surface area contributed by atoms with Gasteiger partial charge in [0.2, 0.25) is 0 Å². The van der Waals surface area contributed by atoms with Crippen molar-refractivity contribution in [3.63, 3.8) is 0 Å². The van der Waals surface area contributed by atoms with Crippen LogP contribution in [0.25, 0.3) is 0 Å². The van der Waals surface area contributed by atoms with Crippen LogP contribution >= 0.6 is 0 Å². The Bertz CT molecular complexity index is 1350. The van der Waals surface area contributed by atoms with E-state index in [0.29, 0.717) is 42.8 Å². The van der Waals surface area contributed by atoms with Crippen molar-refractivity contribution in [2.45, 2.75) is 32.5 Å². The van der Waals surface area contributed by atoms with Gasteiger partial charge in [-0.15, -0.1) is 0 Å². The zero-order valence-corrected chi connectivity index (χ0v) is 21.7. The molecule has 0 saturated heterocycles. The van der Waals surface area contributed by atoms with E-state index < -0.39 is 6.10 Å². The van der Waals surface area contributed by atoms with Gasteiger partial charge in [-0.1, -0.05) is 103 Å². The number of ether oxygens (including phenoxy) is 4. The average Bonchev–Trinajstić information content (AvgIpc) is 2.99. The highest BCUT2D eigenvalue weighted by molar-refractivity contribution is 5.98. The molecule has 4 aromatic rings. The van der Waals surface area contributed by atoms with Gasteiger partial charge >= 0.3 is 0 Å². The Hall–Kier alpha value is -4.61. The second kappa shape index (κ2) is 13.3. The summed E-state index contributed by atoms with van der Waals surface area (Å²) in [6.07, 6.45) is 6.90. The van der Waals surface area contributed by atoms with E-state index in [-0.39, 0.29) is 6.61 Å². The maximum Gasteiger partial charge on any atom is 0.132 e. The van der Waals surface area contributed by atoms with Crippen molar-refractivity contribution >= 4 is 5.71 Å². The van der Waals surface area contributed by atoms with Gasteiger partial charge in [0, 0.05) is 12.1 Å². The fraction of sp³-hybridized carbons (Fsp3) is 0.147. The van der Waals surface area contributed by atoms with Crippen LogP contribution in [-0.2, 0) is 31.2 Å². The van der Waals surface area contributed by atoms with Crippen molar-refractivity contribution in [3.8, 4) is 17.2 Å². The highest BCUT2D eigenvalue weighted by atomic mass is 16.5. The molecule has 5 rings (SSSR count). The standard InChI is InChI=1S/C34H31NO4/c35-31-18-10-11-19-32(31)39-25-30-33(37-23-27-14-6-2-7-15-27)20-29(36-22-26-12-4-1-5-13-26)21-34(30)38-24-28-16-8-3-9-17-28/h1-21,32,35H,22-25H2. The molecule has 0 amide bonds. The van der Waals surface area contributed by atoms with Crippen molar-refractivity contribution in [2.24, 2.45) is 0 Å². The van der Waals surface area contributed by atoms with Crippen LogP contribution < -0.4 is 14.2 Å². The molecule has 0 spiro atoms. The van der Waals surface area contributed by atoms with Gasteiger partial charge in [-0.05, 0) is 28.8 Å². The van der Waals surface area contributed by atoms with Gasteiger partial charge in [-0.2, -0.15) is 0 Å². The first kappa shape index (κ1) is 26.0. The number of hydrogen-bond acceptors (Lipinski definition) is 5. The fourth-order valence-corrected chi connectivity index (χ4v) is 4.13. The quantitative estimate of drug-likeness (QED) is 0.212. The van der Waals surface area contributed by atoms with E-state index in [1.165, 1.54) is 0 Å². The highest BCUT2D eigenvalue weighted by Gasteiger charge is 2.19. The van der Waals surface area contributed by atoms with Gasteiger partial charge in [-0.3, -0.25) is 0 Å². The van der Waals surface area contributed by atoms with E-state index in [2.05, 4.69) is 0 Å². The van der Waals surface area contributed by atoms with Crippen LogP contribution in [0, 0.1) is 5.41 Å². The minimum Gasteiger partial charge on any atom is -0.489 e. The molecule has 39 heavy (non-hydrogen) atoms. The van der Waals surface area contributed by atoms with E-state index in [1.54, 1.807) is 6.08 Å². The Morgan fingerprint density at radius 1 is 0.564 bits per heavy atom. The molecule has 4 aromatic carbocycles. The lowest BCUT2D eigenvalue weighted by molar-refractivity contribution is 0.107. The number of allylic oxidation sites excluding steroid dienone is 2. The lowest BCUT2D eigenvalue weighted by Gasteiger charge is -2.21. The van der Waals surface area contributed by atoms with E-state index in [9.17, 15) is 0 Å². The van der Waals surface area contributed by atoms with Crippen LogP contribution in [-0.4, -0.2) is 11.8 Å². The van der Waals surface area contributed by atoms with E-state index >= 15 is 0 Å². The van der Waals surface area contributed by atoms with Gasteiger partial charge in [0.1, 0.15) is 43.2 Å². The molecule has 5 heteroatoms. The van der Waals surface area contributed by atoms with Crippen molar-refractivity contribution in [2.75, 3.05) is 0 Å². The van der Waals surface area contributed by atoms with Gasteiger partial charge in [0.05, 0.1) is 17.9 Å². The van der Waals surface area contributed by atoms with Crippen molar-refractivity contribution in [1.82, 2.24) is 0 Å². The first-order valence-electron chi connectivity index (χ1n) is 13.0. The van der Waals surface area contributed by atoms with Crippen molar-refractivity contribution in [3.05, 3.63) is 150 Å². The van der Waals surface area contributed by atoms with Gasteiger partial charge in [0.25, 0.3) is 0 Å². The summed E-state index contributed by atoms with van der Waals surface area (Å²) in [6, 6.07) is 33.9. The second-order valence-corrected chi connectivity index (χ2v) is 9.15. The summed E-state index contributed by atoms with van der Waals surface area (Å²) >= 11 is 0. The summed E-state index contributed by atoms with van der Waals surface area (Å²) in [5.74, 6) is 1.88. The predicted octanol–water partition coefficient (Wildman–Crippen LogP) is 7.45. The summed E-state index contributed by atoms with van der Waals surface area (Å²) in [6.45, 7) is 1.40. The molecule has 0 fully saturated rings. The molecule has 1 aliphatic rings. The van der Waals surface area contributed by atoms with E-state index in [4.69, 9.17) is 24.4 Å². The molecule has 0 heterocycles. The largest absolute Gasteiger partial charge is 0.489 e. The van der Waals surface area contributed by atoms with E-state index in [1.807, 2.05) is 121 Å². The topological polar surface area (TPSA) is 60.8 Å². The SMILES string of the molecule is N=C1C=CC=CC1OCc1c(OCc2ccccc2)cc(OCc2ccccc2)cc1OCc1ccccc1. The molecule has 0 bridgehead atoms. The Morgan fingerprint density at radius 3 is 1.54 bits per heavy atom. The normalized spacial score (nSPS) is 14.3. The van der Waals surface area contributed by atoms with E-state index in [0.717, 1.165) is 22.3 Å². The maximum atomic E-state index is 8.23. The van der Waals surface area contributed by atoms with Gasteiger partial charge in [0.15, 0.2) is 0 Å². The lowest BCUT2D eigenvalue weighted by Crippen LogP contribution is -2.21. The van der Waals surface area contributed by atoms with Gasteiger partial charge < -0.3 is 24.4 Å². The number of nitrogens with one attached hydrogen (secondary N) is 1. The first-order valence-corrected chi connectivity index (χ1v) is 13.0. The van der Waals surface area contributed by atoms with Gasteiger partial charge in [-0.25, -0.2) is 0 Å². The number of hydrogen-bond donors (Lipinski definition) is 1. The third kappa shape index (κ3) is 7.46. The first-order chi connectivity index (χ1) is 19.2. The molecule has 0 saturated carbocycles. The average molecular weight is 518 g/mol. The molecule has 5 nitrogen and oxygen atoms in total. The minimum absolute atomic E-state index is 0.207. The minimum atomic E-state index is -0.437. The molecular weight excluding hydrogens is 486 g/mol. The molecule has 1 N–H and O–H groups in total. The molecule has 1 unspecified atom stereocenters. The van der Waals surface area contributed by atoms with Crippen molar-refractivity contribution in [1.29, 1.82) is 5.41 Å². The monoisotopic (exact) mass is 517 g/mol. The van der Waals surface area contributed by atoms with Crippen LogP contribution in [0.1, 0.15) is 22.3 Å². The predicted molar refractivity (Wildman–Crippen MR) is 153 cm³/mol. The third-order valence-electron chi connectivity index (χ3n) is 6.25. The molecule has 196 valence electrons. The van der Waals surface area contributed by atoms with Crippen LogP contribution in [0.4, 0.5) is 0 Å². The molecule has 0 aliphatic heterocycles. The lowest BCUT2D eigenvalue weighted by atomic mass is 10.1. The Morgan fingerprint density at radius 2 is 1.05 bits per heavy atom. The Kier molecular flexibility index (Phi) is 8.85. The van der Waals surface area contributed by atoms with Crippen LogP contribution in [0.2, 0.25) is 0 Å². The fourth-order valence-electron chi connectivity index (χ4n) is 4.13. The highest BCUT2D eigenvalue weighted by Crippen LogP contribution is 2.37. The third-order valence-corrected chi connectivity index (χ3v) is 6.25. The summed E-state index contributed by atoms with van der Waals surface area (Å²) in [4.78, 5) is 0. The number of rotatable bonds is 12. The number of benzene rings is 4.